The summed E-state index contributed by atoms with van der Waals surface area (Å²) in [6.45, 7) is 1.76. The van der Waals surface area contributed by atoms with Crippen molar-refractivity contribution in [3.63, 3.8) is 0 Å². The SMILES string of the molecule is Cc1ccc(CCC2CCC(Cl)([Si]3CCCCC3)CC2)c(Cl)c1F. The second-order valence-electron chi connectivity index (χ2n) is 7.78. The lowest BCUT2D eigenvalue weighted by Crippen LogP contribution is -2.44. The lowest BCUT2D eigenvalue weighted by atomic mass is 9.84. The molecule has 0 bridgehead atoms. The van der Waals surface area contributed by atoms with Gasteiger partial charge in [-0.15, -0.1) is 11.6 Å². The summed E-state index contributed by atoms with van der Waals surface area (Å²) in [5.41, 5.74) is 1.59. The summed E-state index contributed by atoms with van der Waals surface area (Å²) in [5, 5.41) is 0.324. The zero-order chi connectivity index (χ0) is 17.2. The van der Waals surface area contributed by atoms with Gasteiger partial charge < -0.3 is 0 Å². The molecular formula is C20H28Cl2FSi. The number of halogens is 3. The van der Waals surface area contributed by atoms with Crippen molar-refractivity contribution in [3.05, 3.63) is 34.1 Å². The predicted molar refractivity (Wildman–Crippen MR) is 104 cm³/mol. The average molecular weight is 386 g/mol. The molecule has 1 saturated heterocycles. The van der Waals surface area contributed by atoms with E-state index in [1.807, 2.05) is 12.1 Å². The zero-order valence-electron chi connectivity index (χ0n) is 14.6. The van der Waals surface area contributed by atoms with E-state index >= 15 is 0 Å². The maximum Gasteiger partial charge on any atom is 0.144 e. The van der Waals surface area contributed by atoms with E-state index in [0.717, 1.165) is 24.3 Å². The molecule has 0 spiro atoms. The molecule has 0 N–H and O–H groups in total. The lowest BCUT2D eigenvalue weighted by molar-refractivity contribution is 0.321. The minimum absolute atomic E-state index is 0.162. The second-order valence-corrected chi connectivity index (χ2v) is 12.4. The topological polar surface area (TPSA) is 0 Å². The van der Waals surface area contributed by atoms with Gasteiger partial charge in [0, 0.05) is 4.50 Å². The maximum absolute atomic E-state index is 13.9. The molecule has 1 saturated carbocycles. The van der Waals surface area contributed by atoms with Crippen molar-refractivity contribution < 1.29 is 4.39 Å². The Balaban J connectivity index is 1.51. The summed E-state index contributed by atoms with van der Waals surface area (Å²) in [4.78, 5) is 0. The molecule has 0 unspecified atom stereocenters. The van der Waals surface area contributed by atoms with Crippen molar-refractivity contribution in [2.75, 3.05) is 0 Å². The molecule has 1 aromatic rings. The van der Waals surface area contributed by atoms with Gasteiger partial charge in [0.15, 0.2) is 0 Å². The van der Waals surface area contributed by atoms with Gasteiger partial charge in [-0.1, -0.05) is 55.1 Å². The van der Waals surface area contributed by atoms with Gasteiger partial charge in [0.25, 0.3) is 0 Å². The van der Waals surface area contributed by atoms with E-state index in [-0.39, 0.29) is 19.1 Å². The van der Waals surface area contributed by atoms with Crippen molar-refractivity contribution in [3.8, 4) is 0 Å². The third-order valence-electron chi connectivity index (χ3n) is 6.17. The molecule has 0 aromatic heterocycles. The van der Waals surface area contributed by atoms with Gasteiger partial charge in [0.2, 0.25) is 0 Å². The summed E-state index contributed by atoms with van der Waals surface area (Å²) in [7, 11) is -0.359. The fraction of sp³-hybridized carbons (Fsp3) is 0.700. The van der Waals surface area contributed by atoms with Gasteiger partial charge in [0.1, 0.15) is 5.82 Å². The van der Waals surface area contributed by atoms with Gasteiger partial charge in [-0.25, -0.2) is 4.39 Å². The lowest BCUT2D eigenvalue weighted by Gasteiger charge is -2.42. The van der Waals surface area contributed by atoms with Crippen LogP contribution < -0.4 is 0 Å². The second kappa shape index (κ2) is 8.10. The third-order valence-corrected chi connectivity index (χ3v) is 11.4. The molecule has 4 heteroatoms. The molecule has 1 radical (unpaired) electrons. The molecule has 2 fully saturated rings. The molecule has 133 valence electrons. The molecule has 0 atom stereocenters. The first kappa shape index (κ1) is 18.7. The summed E-state index contributed by atoms with van der Waals surface area (Å²) in [6, 6.07) is 6.69. The van der Waals surface area contributed by atoms with Crippen molar-refractivity contribution >= 4 is 32.0 Å². The molecular weight excluding hydrogens is 358 g/mol. The van der Waals surface area contributed by atoms with Gasteiger partial charge in [-0.05, 0) is 62.5 Å². The Bertz CT molecular complexity index is 561. The Hall–Kier alpha value is -0.0531. The molecule has 1 heterocycles. The monoisotopic (exact) mass is 385 g/mol. The molecule has 0 nitrogen and oxygen atoms in total. The summed E-state index contributed by atoms with van der Waals surface area (Å²) >= 11 is 13.2. The Morgan fingerprint density at radius 1 is 1.17 bits per heavy atom. The van der Waals surface area contributed by atoms with Gasteiger partial charge in [-0.2, -0.15) is 0 Å². The standard InChI is InChI=1S/C20H28Cl2FSi/c1-15-5-7-17(18(21)19(15)23)8-6-16-9-11-20(22,12-10-16)24-13-3-2-4-14-24/h5,7,16H,2-4,6,8-14H2,1H3. The van der Waals surface area contributed by atoms with Crippen LogP contribution in [0.1, 0.15) is 62.5 Å². The van der Waals surface area contributed by atoms with Crippen LogP contribution in [0.15, 0.2) is 12.1 Å². The highest BCUT2D eigenvalue weighted by Crippen LogP contribution is 2.44. The van der Waals surface area contributed by atoms with Gasteiger partial charge >= 0.3 is 0 Å². The van der Waals surface area contributed by atoms with Crippen LogP contribution in [-0.2, 0) is 6.42 Å². The quantitative estimate of drug-likeness (QED) is 0.382. The molecule has 2 aliphatic rings. The van der Waals surface area contributed by atoms with Crippen LogP contribution in [0.5, 0.6) is 0 Å². The van der Waals surface area contributed by atoms with Crippen molar-refractivity contribution in [1.29, 1.82) is 0 Å². The first-order valence-corrected chi connectivity index (χ1v) is 12.1. The van der Waals surface area contributed by atoms with E-state index in [4.69, 9.17) is 23.2 Å². The first-order valence-electron chi connectivity index (χ1n) is 9.47. The number of hydrogen-bond acceptors (Lipinski definition) is 0. The highest BCUT2D eigenvalue weighted by molar-refractivity contribution is 6.72. The molecule has 1 aliphatic carbocycles. The fourth-order valence-corrected chi connectivity index (χ4v) is 9.03. The van der Waals surface area contributed by atoms with Crippen LogP contribution in [-0.4, -0.2) is 13.3 Å². The van der Waals surface area contributed by atoms with E-state index in [2.05, 4.69) is 0 Å². The summed E-state index contributed by atoms with van der Waals surface area (Å²) in [6.07, 6.45) is 11.1. The summed E-state index contributed by atoms with van der Waals surface area (Å²) < 4.78 is 14.1. The van der Waals surface area contributed by atoms with E-state index in [1.54, 1.807) is 6.92 Å². The van der Waals surface area contributed by atoms with Gasteiger partial charge in [0.05, 0.1) is 13.8 Å². The van der Waals surface area contributed by atoms with E-state index in [9.17, 15) is 4.39 Å². The smallest absolute Gasteiger partial charge is 0.144 e. The van der Waals surface area contributed by atoms with Crippen LogP contribution in [0.2, 0.25) is 17.1 Å². The Kier molecular flexibility index (Phi) is 6.32. The first-order chi connectivity index (χ1) is 11.5. The molecule has 1 aliphatic heterocycles. The van der Waals surface area contributed by atoms with E-state index in [0.29, 0.717) is 10.6 Å². The van der Waals surface area contributed by atoms with Crippen LogP contribution in [0.4, 0.5) is 4.39 Å². The van der Waals surface area contributed by atoms with Crippen LogP contribution in [0.25, 0.3) is 0 Å². The van der Waals surface area contributed by atoms with Crippen molar-refractivity contribution in [2.24, 2.45) is 5.92 Å². The summed E-state index contributed by atoms with van der Waals surface area (Å²) in [5.74, 6) is 0.475. The van der Waals surface area contributed by atoms with E-state index < -0.39 is 0 Å². The highest BCUT2D eigenvalue weighted by Gasteiger charge is 2.41. The fourth-order valence-electron chi connectivity index (χ4n) is 4.44. The zero-order valence-corrected chi connectivity index (χ0v) is 17.2. The number of hydrogen-bond donors (Lipinski definition) is 0. The predicted octanol–water partition coefficient (Wildman–Crippen LogP) is 7.11. The number of benzene rings is 1. The minimum Gasteiger partial charge on any atom is -0.205 e. The average Bonchev–Trinajstić information content (AvgIpc) is 2.61. The largest absolute Gasteiger partial charge is 0.205 e. The Labute approximate surface area is 157 Å². The van der Waals surface area contributed by atoms with Crippen molar-refractivity contribution in [2.45, 2.75) is 81.3 Å². The molecule has 1 aromatic carbocycles. The number of aryl methyl sites for hydroxylation is 2. The maximum atomic E-state index is 13.9. The number of rotatable bonds is 4. The highest BCUT2D eigenvalue weighted by atomic mass is 35.5. The van der Waals surface area contributed by atoms with Crippen LogP contribution in [0, 0.1) is 18.7 Å². The Morgan fingerprint density at radius 2 is 1.83 bits per heavy atom. The molecule has 3 rings (SSSR count). The third kappa shape index (κ3) is 4.19. The van der Waals surface area contributed by atoms with Crippen LogP contribution >= 0.6 is 23.2 Å². The van der Waals surface area contributed by atoms with Crippen LogP contribution in [0.3, 0.4) is 0 Å². The number of alkyl halides is 1. The molecule has 24 heavy (non-hydrogen) atoms. The molecule has 0 amide bonds. The minimum atomic E-state index is -0.359. The van der Waals surface area contributed by atoms with E-state index in [1.165, 1.54) is 57.0 Å². The van der Waals surface area contributed by atoms with Gasteiger partial charge in [-0.3, -0.25) is 0 Å². The normalized spacial score (nSPS) is 28.9. The Morgan fingerprint density at radius 3 is 2.50 bits per heavy atom. The van der Waals surface area contributed by atoms with Crippen molar-refractivity contribution in [1.82, 2.24) is 0 Å².